The Morgan fingerprint density at radius 2 is 1.68 bits per heavy atom. The zero-order valence-electron chi connectivity index (χ0n) is 16.3. The standard InChI is InChI=1S/C22H36O2S/c1-4-6-7-8-9-11-14-20(5-2)18-25-17-19(3)22(23)24-21-15-12-10-13-16-21/h10,12-13,15-16,19-20H,4-9,11,14,17-18H2,1-3H3. The van der Waals surface area contributed by atoms with Crippen LogP contribution in [0, 0.1) is 11.8 Å². The second-order valence-electron chi connectivity index (χ2n) is 7.00. The second kappa shape index (κ2) is 14.2. The number of unbranched alkanes of at least 4 members (excludes halogenated alkanes) is 5. The smallest absolute Gasteiger partial charge is 0.314 e. The van der Waals surface area contributed by atoms with Crippen molar-refractivity contribution in [1.29, 1.82) is 0 Å². The summed E-state index contributed by atoms with van der Waals surface area (Å²) in [5.41, 5.74) is 0. The van der Waals surface area contributed by atoms with Gasteiger partial charge in [0.2, 0.25) is 0 Å². The van der Waals surface area contributed by atoms with Gasteiger partial charge in [-0.25, -0.2) is 0 Å². The molecule has 0 bridgehead atoms. The first-order valence-corrected chi connectivity index (χ1v) is 11.2. The molecule has 0 saturated carbocycles. The SMILES string of the molecule is CCCCCCCCC(CC)CSCC(C)C(=O)Oc1ccccc1. The Hall–Kier alpha value is -0.960. The fourth-order valence-electron chi connectivity index (χ4n) is 2.80. The van der Waals surface area contributed by atoms with Gasteiger partial charge in [-0.3, -0.25) is 4.79 Å². The minimum atomic E-state index is -0.123. The van der Waals surface area contributed by atoms with E-state index in [4.69, 9.17) is 4.74 Å². The number of carbonyl (C=O) groups is 1. The average Bonchev–Trinajstić information content (AvgIpc) is 2.63. The van der Waals surface area contributed by atoms with Crippen LogP contribution < -0.4 is 4.74 Å². The molecule has 0 aromatic heterocycles. The number of ether oxygens (including phenoxy) is 1. The summed E-state index contributed by atoms with van der Waals surface area (Å²) in [6.45, 7) is 6.52. The van der Waals surface area contributed by atoms with Crippen molar-refractivity contribution in [3.63, 3.8) is 0 Å². The van der Waals surface area contributed by atoms with E-state index in [0.29, 0.717) is 5.75 Å². The number of rotatable bonds is 14. The van der Waals surface area contributed by atoms with E-state index in [2.05, 4.69) is 13.8 Å². The van der Waals surface area contributed by atoms with Crippen molar-refractivity contribution >= 4 is 17.7 Å². The van der Waals surface area contributed by atoms with Gasteiger partial charge in [0.1, 0.15) is 5.75 Å². The van der Waals surface area contributed by atoms with Crippen LogP contribution in [0.25, 0.3) is 0 Å². The van der Waals surface area contributed by atoms with Crippen LogP contribution in [-0.4, -0.2) is 17.5 Å². The van der Waals surface area contributed by atoms with E-state index in [1.54, 1.807) is 0 Å². The van der Waals surface area contributed by atoms with Gasteiger partial charge >= 0.3 is 5.97 Å². The Balaban J connectivity index is 2.14. The second-order valence-corrected chi connectivity index (χ2v) is 8.08. The molecule has 0 aliphatic carbocycles. The molecule has 0 aliphatic rings. The number of para-hydroxylation sites is 1. The molecular weight excluding hydrogens is 328 g/mol. The maximum Gasteiger partial charge on any atom is 0.314 e. The Labute approximate surface area is 159 Å². The highest BCUT2D eigenvalue weighted by Crippen LogP contribution is 2.22. The summed E-state index contributed by atoms with van der Waals surface area (Å²) >= 11 is 1.90. The molecule has 142 valence electrons. The minimum Gasteiger partial charge on any atom is -0.426 e. The predicted octanol–water partition coefficient (Wildman–Crippen LogP) is 6.74. The third-order valence-electron chi connectivity index (χ3n) is 4.63. The number of esters is 1. The largest absolute Gasteiger partial charge is 0.426 e. The fraction of sp³-hybridized carbons (Fsp3) is 0.682. The maximum absolute atomic E-state index is 12.1. The van der Waals surface area contributed by atoms with Gasteiger partial charge in [0.15, 0.2) is 0 Å². The molecule has 0 saturated heterocycles. The third kappa shape index (κ3) is 10.6. The zero-order valence-corrected chi connectivity index (χ0v) is 17.2. The van der Waals surface area contributed by atoms with Crippen LogP contribution in [0.2, 0.25) is 0 Å². The lowest BCUT2D eigenvalue weighted by Crippen LogP contribution is -2.20. The Morgan fingerprint density at radius 1 is 1.00 bits per heavy atom. The third-order valence-corrected chi connectivity index (χ3v) is 6.07. The van der Waals surface area contributed by atoms with Crippen LogP contribution in [0.4, 0.5) is 0 Å². The van der Waals surface area contributed by atoms with Crippen LogP contribution >= 0.6 is 11.8 Å². The molecule has 25 heavy (non-hydrogen) atoms. The van der Waals surface area contributed by atoms with Crippen molar-refractivity contribution < 1.29 is 9.53 Å². The summed E-state index contributed by atoms with van der Waals surface area (Å²) in [7, 11) is 0. The highest BCUT2D eigenvalue weighted by molar-refractivity contribution is 7.99. The van der Waals surface area contributed by atoms with E-state index in [1.807, 2.05) is 49.0 Å². The Kier molecular flexibility index (Phi) is 12.6. The average molecular weight is 365 g/mol. The van der Waals surface area contributed by atoms with Crippen LogP contribution in [0.5, 0.6) is 5.75 Å². The number of hydrogen-bond acceptors (Lipinski definition) is 3. The van der Waals surface area contributed by atoms with E-state index in [1.165, 1.54) is 51.4 Å². The zero-order chi connectivity index (χ0) is 18.3. The molecule has 0 amide bonds. The summed E-state index contributed by atoms with van der Waals surface area (Å²) < 4.78 is 5.42. The molecule has 2 nitrogen and oxygen atoms in total. The van der Waals surface area contributed by atoms with Crippen molar-refractivity contribution in [2.45, 2.75) is 72.1 Å². The summed E-state index contributed by atoms with van der Waals surface area (Å²) in [5, 5.41) is 0. The molecule has 0 heterocycles. The quantitative estimate of drug-likeness (QED) is 0.208. The van der Waals surface area contributed by atoms with E-state index < -0.39 is 0 Å². The van der Waals surface area contributed by atoms with Gasteiger partial charge in [-0.15, -0.1) is 0 Å². The van der Waals surface area contributed by atoms with Gasteiger partial charge in [0.25, 0.3) is 0 Å². The molecule has 1 rings (SSSR count). The lowest BCUT2D eigenvalue weighted by Gasteiger charge is -2.16. The van der Waals surface area contributed by atoms with Gasteiger partial charge in [0, 0.05) is 5.75 Å². The van der Waals surface area contributed by atoms with Crippen LogP contribution in [0.15, 0.2) is 30.3 Å². The number of thioether (sulfide) groups is 1. The summed E-state index contributed by atoms with van der Waals surface area (Å²) in [5.74, 6) is 3.25. The molecule has 2 unspecified atom stereocenters. The summed E-state index contributed by atoms with van der Waals surface area (Å²) in [6, 6.07) is 9.34. The molecular formula is C22H36O2S. The number of hydrogen-bond donors (Lipinski definition) is 0. The lowest BCUT2D eigenvalue weighted by molar-refractivity contribution is -0.137. The number of benzene rings is 1. The predicted molar refractivity (Wildman–Crippen MR) is 110 cm³/mol. The van der Waals surface area contributed by atoms with E-state index >= 15 is 0 Å². The Morgan fingerprint density at radius 3 is 2.36 bits per heavy atom. The van der Waals surface area contributed by atoms with Crippen LogP contribution in [-0.2, 0) is 4.79 Å². The van der Waals surface area contributed by atoms with Crippen molar-refractivity contribution in [1.82, 2.24) is 0 Å². The van der Waals surface area contributed by atoms with Crippen molar-refractivity contribution in [3.05, 3.63) is 30.3 Å². The molecule has 2 atom stereocenters. The molecule has 1 aromatic rings. The van der Waals surface area contributed by atoms with Gasteiger partial charge < -0.3 is 4.74 Å². The first kappa shape index (κ1) is 22.1. The molecule has 0 spiro atoms. The van der Waals surface area contributed by atoms with Crippen molar-refractivity contribution in [3.8, 4) is 5.75 Å². The van der Waals surface area contributed by atoms with Crippen molar-refractivity contribution in [2.75, 3.05) is 11.5 Å². The summed E-state index contributed by atoms with van der Waals surface area (Å²) in [6.07, 6.45) is 10.8. The highest BCUT2D eigenvalue weighted by Gasteiger charge is 2.16. The van der Waals surface area contributed by atoms with Crippen LogP contribution in [0.3, 0.4) is 0 Å². The van der Waals surface area contributed by atoms with E-state index in [0.717, 1.165) is 17.4 Å². The van der Waals surface area contributed by atoms with E-state index in [9.17, 15) is 4.79 Å². The molecule has 0 N–H and O–H groups in total. The van der Waals surface area contributed by atoms with Gasteiger partial charge in [-0.2, -0.15) is 11.8 Å². The van der Waals surface area contributed by atoms with Gasteiger partial charge in [0.05, 0.1) is 5.92 Å². The Bertz CT molecular complexity index is 447. The van der Waals surface area contributed by atoms with Crippen LogP contribution in [0.1, 0.15) is 72.1 Å². The van der Waals surface area contributed by atoms with Gasteiger partial charge in [-0.05, 0) is 30.2 Å². The molecule has 0 fully saturated rings. The normalized spacial score (nSPS) is 13.4. The monoisotopic (exact) mass is 364 g/mol. The lowest BCUT2D eigenvalue weighted by atomic mass is 10.00. The first-order valence-electron chi connectivity index (χ1n) is 10.0. The topological polar surface area (TPSA) is 26.3 Å². The number of carbonyl (C=O) groups excluding carboxylic acids is 1. The molecule has 0 radical (unpaired) electrons. The summed E-state index contributed by atoms with van der Waals surface area (Å²) in [4.78, 5) is 12.1. The molecule has 3 heteroatoms. The fourth-order valence-corrected chi connectivity index (χ4v) is 4.16. The first-order chi connectivity index (χ1) is 12.2. The molecule has 0 aliphatic heterocycles. The van der Waals surface area contributed by atoms with Gasteiger partial charge in [-0.1, -0.05) is 83.9 Å². The minimum absolute atomic E-state index is 0.0586. The van der Waals surface area contributed by atoms with Crippen molar-refractivity contribution in [2.24, 2.45) is 11.8 Å². The molecule has 1 aromatic carbocycles. The highest BCUT2D eigenvalue weighted by atomic mass is 32.2. The van der Waals surface area contributed by atoms with E-state index in [-0.39, 0.29) is 11.9 Å². The maximum atomic E-state index is 12.1.